The highest BCUT2D eigenvalue weighted by atomic mass is 16.3. The Labute approximate surface area is 282 Å². The minimum Gasteiger partial charge on any atom is -0.436 e. The van der Waals surface area contributed by atoms with Gasteiger partial charge in [-0.05, 0) is 71.4 Å². The minimum absolute atomic E-state index is 0.627. The number of fused-ring (bicyclic) bond motifs is 8. The molecule has 8 aromatic carbocycles. The van der Waals surface area contributed by atoms with E-state index in [-0.39, 0.29) is 0 Å². The van der Waals surface area contributed by atoms with Crippen LogP contribution in [0.1, 0.15) is 0 Å². The summed E-state index contributed by atoms with van der Waals surface area (Å²) >= 11 is 0. The number of nitrogens with zero attached hydrogens (tertiary/aromatic N) is 3. The number of hydrogen-bond donors (Lipinski definition) is 0. The number of benzene rings is 8. The third-order valence-electron chi connectivity index (χ3n) is 9.56. The third-order valence-corrected chi connectivity index (χ3v) is 9.56. The van der Waals surface area contributed by atoms with Gasteiger partial charge in [0.05, 0.1) is 22.4 Å². The van der Waals surface area contributed by atoms with Crippen LogP contribution in [-0.4, -0.2) is 9.55 Å². The van der Waals surface area contributed by atoms with Gasteiger partial charge in [-0.2, -0.15) is 0 Å². The van der Waals surface area contributed by atoms with E-state index in [2.05, 4.69) is 155 Å². The van der Waals surface area contributed by atoms with Crippen molar-refractivity contribution in [1.82, 2.24) is 9.55 Å². The van der Waals surface area contributed by atoms with Gasteiger partial charge in [-0.3, -0.25) is 0 Å². The average molecular weight is 628 g/mol. The van der Waals surface area contributed by atoms with E-state index in [1.54, 1.807) is 0 Å². The van der Waals surface area contributed by atoms with Crippen molar-refractivity contribution in [3.63, 3.8) is 0 Å². The first-order valence-electron chi connectivity index (χ1n) is 16.6. The Bertz CT molecular complexity index is 2820. The lowest BCUT2D eigenvalue weighted by molar-refractivity contribution is 0.620. The van der Waals surface area contributed by atoms with Crippen LogP contribution in [0.15, 0.2) is 180 Å². The molecule has 10 aromatic rings. The first-order valence-corrected chi connectivity index (χ1v) is 16.6. The Morgan fingerprint density at radius 1 is 0.510 bits per heavy atom. The lowest BCUT2D eigenvalue weighted by atomic mass is 9.98. The third kappa shape index (κ3) is 4.28. The van der Waals surface area contributed by atoms with Crippen LogP contribution >= 0.6 is 0 Å². The van der Waals surface area contributed by atoms with Crippen molar-refractivity contribution >= 4 is 71.5 Å². The van der Waals surface area contributed by atoms with Gasteiger partial charge in [0.2, 0.25) is 5.89 Å². The normalized spacial score (nSPS) is 11.7. The SMILES string of the molecule is c1ccc(-c2nc3c(ccc4cc(N(c5ccccc5)c5cccc6c7ccccc7n(-c7ccccc7)c56)c5ccccc5c43)o2)cc1. The van der Waals surface area contributed by atoms with Gasteiger partial charge < -0.3 is 13.9 Å². The Balaban J connectivity index is 1.31. The molecule has 0 N–H and O–H groups in total. The Morgan fingerprint density at radius 2 is 1.16 bits per heavy atom. The molecular weight excluding hydrogens is 599 g/mol. The maximum atomic E-state index is 6.34. The second-order valence-electron chi connectivity index (χ2n) is 12.4. The molecule has 2 aromatic heterocycles. The number of anilines is 3. The molecule has 0 aliphatic heterocycles. The zero-order chi connectivity index (χ0) is 32.3. The molecule has 0 radical (unpaired) electrons. The molecule has 0 aliphatic carbocycles. The lowest BCUT2D eigenvalue weighted by Gasteiger charge is -2.29. The molecule has 0 bridgehead atoms. The smallest absolute Gasteiger partial charge is 0.227 e. The van der Waals surface area contributed by atoms with Gasteiger partial charge in [0.15, 0.2) is 5.58 Å². The van der Waals surface area contributed by atoms with Gasteiger partial charge in [0.25, 0.3) is 0 Å². The zero-order valence-corrected chi connectivity index (χ0v) is 26.5. The molecule has 4 heteroatoms. The van der Waals surface area contributed by atoms with E-state index >= 15 is 0 Å². The largest absolute Gasteiger partial charge is 0.436 e. The monoisotopic (exact) mass is 627 g/mol. The molecule has 0 fully saturated rings. The quantitative estimate of drug-likeness (QED) is 0.178. The Morgan fingerprint density at radius 3 is 1.96 bits per heavy atom. The summed E-state index contributed by atoms with van der Waals surface area (Å²) in [4.78, 5) is 7.50. The number of rotatable bonds is 5. The van der Waals surface area contributed by atoms with Crippen molar-refractivity contribution < 1.29 is 4.42 Å². The van der Waals surface area contributed by atoms with Crippen LogP contribution in [0.3, 0.4) is 0 Å². The summed E-state index contributed by atoms with van der Waals surface area (Å²) < 4.78 is 8.74. The molecule has 230 valence electrons. The summed E-state index contributed by atoms with van der Waals surface area (Å²) in [6.07, 6.45) is 0. The maximum Gasteiger partial charge on any atom is 0.227 e. The molecule has 2 heterocycles. The summed E-state index contributed by atoms with van der Waals surface area (Å²) in [5, 5.41) is 6.89. The summed E-state index contributed by atoms with van der Waals surface area (Å²) in [6.45, 7) is 0. The molecule has 49 heavy (non-hydrogen) atoms. The standard InChI is InChI=1S/C45H29N3O/c1-4-15-30(16-5-1)45-46-43-41(49-45)28-27-31-29-40(34-21-10-11-23-36(34)42(31)43)47(32-17-6-2-7-18-32)39-26-14-24-37-35-22-12-13-25-38(35)48(44(37)39)33-19-8-3-9-20-33/h1-29H. The van der Waals surface area contributed by atoms with Gasteiger partial charge in [-0.1, -0.05) is 115 Å². The van der Waals surface area contributed by atoms with E-state index in [0.29, 0.717) is 5.89 Å². The van der Waals surface area contributed by atoms with E-state index in [1.165, 1.54) is 16.3 Å². The summed E-state index contributed by atoms with van der Waals surface area (Å²) in [7, 11) is 0. The number of aromatic nitrogens is 2. The Kier molecular flexibility index (Phi) is 6.15. The molecule has 0 saturated heterocycles. The van der Waals surface area contributed by atoms with Crippen molar-refractivity contribution in [2.45, 2.75) is 0 Å². The number of para-hydroxylation sites is 4. The topological polar surface area (TPSA) is 34.2 Å². The van der Waals surface area contributed by atoms with Crippen LogP contribution in [0.5, 0.6) is 0 Å². The van der Waals surface area contributed by atoms with Gasteiger partial charge in [-0.25, -0.2) is 4.98 Å². The van der Waals surface area contributed by atoms with Crippen molar-refractivity contribution in [3.8, 4) is 17.1 Å². The molecular formula is C45H29N3O. The Hall–Kier alpha value is -6.65. The molecule has 0 aliphatic rings. The van der Waals surface area contributed by atoms with Gasteiger partial charge in [0.1, 0.15) is 5.52 Å². The second-order valence-corrected chi connectivity index (χ2v) is 12.4. The molecule has 0 spiro atoms. The first-order chi connectivity index (χ1) is 24.3. The fraction of sp³-hybridized carbons (Fsp3) is 0. The molecule has 10 rings (SSSR count). The highest BCUT2D eigenvalue weighted by Crippen LogP contribution is 2.47. The average Bonchev–Trinajstić information content (AvgIpc) is 3.76. The first kappa shape index (κ1) is 27.5. The van der Waals surface area contributed by atoms with E-state index in [1.807, 2.05) is 30.3 Å². The molecule has 0 amide bonds. The molecule has 4 nitrogen and oxygen atoms in total. The summed E-state index contributed by atoms with van der Waals surface area (Å²) in [5.74, 6) is 0.627. The van der Waals surface area contributed by atoms with Crippen molar-refractivity contribution in [2.75, 3.05) is 4.90 Å². The summed E-state index contributed by atoms with van der Waals surface area (Å²) in [6, 6.07) is 62.1. The van der Waals surface area contributed by atoms with Crippen LogP contribution < -0.4 is 4.90 Å². The van der Waals surface area contributed by atoms with Crippen LogP contribution in [-0.2, 0) is 0 Å². The number of hydrogen-bond acceptors (Lipinski definition) is 3. The second kappa shape index (κ2) is 11.0. The van der Waals surface area contributed by atoms with Crippen LogP contribution in [0.2, 0.25) is 0 Å². The predicted molar refractivity (Wildman–Crippen MR) is 203 cm³/mol. The zero-order valence-electron chi connectivity index (χ0n) is 26.5. The maximum absolute atomic E-state index is 6.34. The highest BCUT2D eigenvalue weighted by Gasteiger charge is 2.24. The molecule has 0 atom stereocenters. The van der Waals surface area contributed by atoms with Gasteiger partial charge >= 0.3 is 0 Å². The predicted octanol–water partition coefficient (Wildman–Crippen LogP) is 12.4. The van der Waals surface area contributed by atoms with E-state index in [9.17, 15) is 0 Å². The minimum atomic E-state index is 0.627. The van der Waals surface area contributed by atoms with Gasteiger partial charge in [-0.15, -0.1) is 0 Å². The van der Waals surface area contributed by atoms with Crippen molar-refractivity contribution in [3.05, 3.63) is 176 Å². The molecule has 0 saturated carbocycles. The fourth-order valence-electron chi connectivity index (χ4n) is 7.46. The van der Waals surface area contributed by atoms with Gasteiger partial charge in [0, 0.05) is 38.5 Å². The summed E-state index contributed by atoms with van der Waals surface area (Å²) in [5.41, 5.74) is 9.35. The molecule has 0 unspecified atom stereocenters. The van der Waals surface area contributed by atoms with Crippen LogP contribution in [0.4, 0.5) is 17.1 Å². The van der Waals surface area contributed by atoms with E-state index in [4.69, 9.17) is 9.40 Å². The van der Waals surface area contributed by atoms with Crippen molar-refractivity contribution in [2.24, 2.45) is 0 Å². The number of oxazole rings is 1. The van der Waals surface area contributed by atoms with Crippen LogP contribution in [0, 0.1) is 0 Å². The van der Waals surface area contributed by atoms with E-state index in [0.717, 1.165) is 66.5 Å². The van der Waals surface area contributed by atoms with Crippen molar-refractivity contribution in [1.29, 1.82) is 0 Å². The van der Waals surface area contributed by atoms with E-state index < -0.39 is 0 Å². The lowest BCUT2D eigenvalue weighted by Crippen LogP contribution is -2.12. The highest BCUT2D eigenvalue weighted by molar-refractivity contribution is 6.23. The van der Waals surface area contributed by atoms with Crippen LogP contribution in [0.25, 0.3) is 71.6 Å². The fourth-order valence-corrected chi connectivity index (χ4v) is 7.46.